The van der Waals surface area contributed by atoms with Crippen LogP contribution in [0.5, 0.6) is 0 Å². The Morgan fingerprint density at radius 3 is 2.41 bits per heavy atom. The molecule has 0 atom stereocenters. The minimum atomic E-state index is 0.341. The van der Waals surface area contributed by atoms with Crippen LogP contribution in [0, 0.1) is 0 Å². The van der Waals surface area contributed by atoms with Gasteiger partial charge < -0.3 is 10.1 Å². The summed E-state index contributed by atoms with van der Waals surface area (Å²) in [4.78, 5) is 5.00. The predicted octanol–water partition coefficient (Wildman–Crippen LogP) is 4.90. The van der Waals surface area contributed by atoms with Crippen molar-refractivity contribution in [1.82, 2.24) is 14.6 Å². The highest BCUT2D eigenvalue weighted by atomic mass is 16.5. The maximum atomic E-state index is 5.53. The molecule has 0 amide bonds. The summed E-state index contributed by atoms with van der Waals surface area (Å²) >= 11 is 0. The summed E-state index contributed by atoms with van der Waals surface area (Å²) < 4.78 is 7.51. The number of hydrogen-bond acceptors (Lipinski definition) is 4. The van der Waals surface area contributed by atoms with Crippen LogP contribution in [0.15, 0.2) is 72.9 Å². The summed E-state index contributed by atoms with van der Waals surface area (Å²) in [6.07, 6.45) is 3.97. The Morgan fingerprint density at radius 1 is 0.931 bits per heavy atom. The van der Waals surface area contributed by atoms with Gasteiger partial charge in [-0.15, -0.1) is 0 Å². The number of rotatable bonds is 5. The molecule has 1 aliphatic heterocycles. The largest absolute Gasteiger partial charge is 0.381 e. The van der Waals surface area contributed by atoms with E-state index in [1.54, 1.807) is 0 Å². The van der Waals surface area contributed by atoms with Crippen LogP contribution in [-0.2, 0) is 11.3 Å². The van der Waals surface area contributed by atoms with Gasteiger partial charge in [-0.25, -0.2) is 9.50 Å². The van der Waals surface area contributed by atoms with E-state index in [4.69, 9.17) is 14.8 Å². The van der Waals surface area contributed by atoms with E-state index in [0.29, 0.717) is 5.92 Å². The number of benzene rings is 2. The molecule has 1 N–H and O–H groups in total. The van der Waals surface area contributed by atoms with Gasteiger partial charge >= 0.3 is 0 Å². The molecule has 0 aliphatic carbocycles. The predicted molar refractivity (Wildman–Crippen MR) is 115 cm³/mol. The molecule has 2 aromatic heterocycles. The number of fused-ring (bicyclic) bond motifs is 1. The summed E-state index contributed by atoms with van der Waals surface area (Å²) in [6.45, 7) is 2.28. The molecular weight excluding hydrogens is 360 g/mol. The number of hydrogen-bond donors (Lipinski definition) is 1. The van der Waals surface area contributed by atoms with Crippen molar-refractivity contribution in [1.29, 1.82) is 0 Å². The van der Waals surface area contributed by atoms with E-state index < -0.39 is 0 Å². The van der Waals surface area contributed by atoms with Gasteiger partial charge in [-0.2, -0.15) is 5.10 Å². The van der Waals surface area contributed by atoms with E-state index in [0.717, 1.165) is 55.3 Å². The van der Waals surface area contributed by atoms with Gasteiger partial charge in [0.1, 0.15) is 5.52 Å². The fraction of sp³-hybridized carbons (Fsp3) is 0.250. The van der Waals surface area contributed by atoms with Crippen molar-refractivity contribution in [3.63, 3.8) is 0 Å². The van der Waals surface area contributed by atoms with Crippen LogP contribution in [0.1, 0.15) is 30.1 Å². The lowest BCUT2D eigenvalue weighted by atomic mass is 9.99. The van der Waals surface area contributed by atoms with Crippen molar-refractivity contribution in [2.24, 2.45) is 0 Å². The molecule has 1 fully saturated rings. The molecule has 0 unspecified atom stereocenters. The standard InChI is InChI=1S/C24H24N4O/c1-3-7-18(8-4-1)17-25-24-22-21(19-9-5-2-6-10-19)11-14-28(22)27-23(26-24)20-12-15-29-16-13-20/h1-11,14,20H,12-13,15-17H2,(H,25,26,27). The number of nitrogens with zero attached hydrogens (tertiary/aromatic N) is 3. The smallest absolute Gasteiger partial charge is 0.155 e. The Bertz CT molecular complexity index is 1090. The molecule has 0 bridgehead atoms. The van der Waals surface area contributed by atoms with Crippen molar-refractivity contribution in [2.75, 3.05) is 18.5 Å². The van der Waals surface area contributed by atoms with Crippen molar-refractivity contribution in [3.05, 3.63) is 84.3 Å². The highest BCUT2D eigenvalue weighted by Gasteiger charge is 2.22. The number of nitrogens with one attached hydrogen (secondary N) is 1. The summed E-state index contributed by atoms with van der Waals surface area (Å²) in [7, 11) is 0. The summed E-state index contributed by atoms with van der Waals surface area (Å²) in [5.74, 6) is 2.12. The zero-order chi connectivity index (χ0) is 19.5. The molecule has 0 radical (unpaired) electrons. The van der Waals surface area contributed by atoms with E-state index in [1.807, 2.05) is 22.8 Å². The zero-order valence-electron chi connectivity index (χ0n) is 16.3. The average molecular weight is 384 g/mol. The maximum Gasteiger partial charge on any atom is 0.155 e. The minimum Gasteiger partial charge on any atom is -0.381 e. The fourth-order valence-corrected chi connectivity index (χ4v) is 3.93. The Morgan fingerprint density at radius 2 is 1.66 bits per heavy atom. The van der Waals surface area contributed by atoms with E-state index in [9.17, 15) is 0 Å². The number of ether oxygens (including phenoxy) is 1. The molecule has 0 saturated carbocycles. The molecule has 1 aliphatic rings. The van der Waals surface area contributed by atoms with Crippen LogP contribution < -0.4 is 5.32 Å². The van der Waals surface area contributed by atoms with E-state index in [2.05, 4.69) is 59.9 Å². The van der Waals surface area contributed by atoms with Gasteiger partial charge in [0.05, 0.1) is 0 Å². The second kappa shape index (κ2) is 8.05. The van der Waals surface area contributed by atoms with Crippen molar-refractivity contribution >= 4 is 11.3 Å². The lowest BCUT2D eigenvalue weighted by Gasteiger charge is -2.21. The quantitative estimate of drug-likeness (QED) is 0.532. The monoisotopic (exact) mass is 384 g/mol. The van der Waals surface area contributed by atoms with Gasteiger partial charge in [0, 0.05) is 37.4 Å². The Kier molecular flexibility index (Phi) is 4.97. The van der Waals surface area contributed by atoms with Gasteiger partial charge in [0.2, 0.25) is 0 Å². The lowest BCUT2D eigenvalue weighted by Crippen LogP contribution is -2.18. The summed E-state index contributed by atoms with van der Waals surface area (Å²) in [6, 6.07) is 23.0. The molecule has 5 heteroatoms. The first-order valence-electron chi connectivity index (χ1n) is 10.2. The molecular formula is C24H24N4O. The second-order valence-electron chi connectivity index (χ2n) is 7.43. The lowest BCUT2D eigenvalue weighted by molar-refractivity contribution is 0.0833. The first-order valence-corrected chi connectivity index (χ1v) is 10.2. The van der Waals surface area contributed by atoms with Gasteiger partial charge in [0.25, 0.3) is 0 Å². The van der Waals surface area contributed by atoms with Crippen molar-refractivity contribution < 1.29 is 4.74 Å². The molecule has 1 saturated heterocycles. The molecule has 2 aromatic carbocycles. The average Bonchev–Trinajstić information content (AvgIpc) is 3.24. The van der Waals surface area contributed by atoms with Crippen molar-refractivity contribution in [3.8, 4) is 11.1 Å². The molecule has 29 heavy (non-hydrogen) atoms. The first-order chi connectivity index (χ1) is 14.4. The topological polar surface area (TPSA) is 51.5 Å². The molecule has 5 nitrogen and oxygen atoms in total. The van der Waals surface area contributed by atoms with E-state index >= 15 is 0 Å². The maximum absolute atomic E-state index is 5.53. The Labute approximate surface area is 170 Å². The van der Waals surface area contributed by atoms with Crippen LogP contribution in [0.25, 0.3) is 16.6 Å². The van der Waals surface area contributed by atoms with Crippen LogP contribution in [0.2, 0.25) is 0 Å². The first kappa shape index (κ1) is 17.9. The SMILES string of the molecule is c1ccc(CNc2nc(C3CCOCC3)nn3ccc(-c4ccccc4)c23)cc1. The molecule has 3 heterocycles. The van der Waals surface area contributed by atoms with Crippen LogP contribution in [0.3, 0.4) is 0 Å². The third-order valence-electron chi connectivity index (χ3n) is 5.50. The molecule has 4 aromatic rings. The minimum absolute atomic E-state index is 0.341. The molecule has 0 spiro atoms. The zero-order valence-corrected chi connectivity index (χ0v) is 16.3. The number of anilines is 1. The molecule has 5 rings (SSSR count). The van der Waals surface area contributed by atoms with Gasteiger partial charge in [-0.3, -0.25) is 0 Å². The molecule has 146 valence electrons. The van der Waals surface area contributed by atoms with Crippen LogP contribution in [-0.4, -0.2) is 27.8 Å². The highest BCUT2D eigenvalue weighted by Crippen LogP contribution is 2.32. The number of aromatic nitrogens is 3. The van der Waals surface area contributed by atoms with Gasteiger partial charge in [-0.05, 0) is 30.0 Å². The Balaban J connectivity index is 1.58. The normalized spacial score (nSPS) is 14.9. The second-order valence-corrected chi connectivity index (χ2v) is 7.43. The van der Waals surface area contributed by atoms with Gasteiger partial charge in [0.15, 0.2) is 11.6 Å². The third-order valence-corrected chi connectivity index (χ3v) is 5.50. The van der Waals surface area contributed by atoms with E-state index in [-0.39, 0.29) is 0 Å². The van der Waals surface area contributed by atoms with E-state index in [1.165, 1.54) is 11.1 Å². The van der Waals surface area contributed by atoms with Gasteiger partial charge in [-0.1, -0.05) is 60.7 Å². The fourth-order valence-electron chi connectivity index (χ4n) is 3.93. The van der Waals surface area contributed by atoms with Crippen LogP contribution in [0.4, 0.5) is 5.82 Å². The summed E-state index contributed by atoms with van der Waals surface area (Å²) in [5.41, 5.74) is 4.55. The van der Waals surface area contributed by atoms with Crippen LogP contribution >= 0.6 is 0 Å². The third kappa shape index (κ3) is 3.74. The Hall–Kier alpha value is -3.18. The van der Waals surface area contributed by atoms with Crippen molar-refractivity contribution in [2.45, 2.75) is 25.3 Å². The highest BCUT2D eigenvalue weighted by molar-refractivity contribution is 5.88. The summed E-state index contributed by atoms with van der Waals surface area (Å²) in [5, 5.41) is 8.45.